The first-order chi connectivity index (χ1) is 10.2. The van der Waals surface area contributed by atoms with Gasteiger partial charge in [0, 0.05) is 30.4 Å². The van der Waals surface area contributed by atoms with Crippen molar-refractivity contribution in [2.45, 2.75) is 38.6 Å². The number of piperidine rings is 2. The summed E-state index contributed by atoms with van der Waals surface area (Å²) in [6, 6.07) is 4.34. The van der Waals surface area contributed by atoms with Crippen molar-refractivity contribution in [3.63, 3.8) is 0 Å². The fourth-order valence-electron chi connectivity index (χ4n) is 3.33. The molecule has 0 bridgehead atoms. The lowest BCUT2D eigenvalue weighted by molar-refractivity contribution is -0.125. The van der Waals surface area contributed by atoms with Gasteiger partial charge in [-0.2, -0.15) is 0 Å². The van der Waals surface area contributed by atoms with E-state index in [4.69, 9.17) is 0 Å². The van der Waals surface area contributed by atoms with Crippen LogP contribution >= 0.6 is 11.3 Å². The molecule has 0 aromatic carbocycles. The zero-order valence-electron chi connectivity index (χ0n) is 12.4. The van der Waals surface area contributed by atoms with Crippen molar-refractivity contribution in [3.8, 4) is 0 Å². The average molecular weight is 306 g/mol. The van der Waals surface area contributed by atoms with Gasteiger partial charge in [0.15, 0.2) is 5.78 Å². The van der Waals surface area contributed by atoms with Gasteiger partial charge in [-0.25, -0.2) is 0 Å². The Labute approximate surface area is 129 Å². The zero-order chi connectivity index (χ0) is 14.8. The van der Waals surface area contributed by atoms with Gasteiger partial charge in [-0.15, -0.1) is 11.3 Å². The number of Topliss-reactive ketones (excluding diaryl/α,β-unsaturated/α-hetero) is 1. The van der Waals surface area contributed by atoms with Crippen LogP contribution in [0.4, 0.5) is 0 Å². The molecule has 1 N–H and O–H groups in total. The van der Waals surface area contributed by atoms with E-state index in [1.807, 2.05) is 6.07 Å². The number of amides is 1. The van der Waals surface area contributed by atoms with Gasteiger partial charge >= 0.3 is 0 Å². The largest absolute Gasteiger partial charge is 0.353 e. The Morgan fingerprint density at radius 1 is 1.43 bits per heavy atom. The highest BCUT2D eigenvalue weighted by molar-refractivity contribution is 7.14. The summed E-state index contributed by atoms with van der Waals surface area (Å²) in [7, 11) is 0. The van der Waals surface area contributed by atoms with Gasteiger partial charge in [0.2, 0.25) is 5.91 Å². The fourth-order valence-corrected chi connectivity index (χ4v) is 4.21. The van der Waals surface area contributed by atoms with E-state index in [9.17, 15) is 9.59 Å². The molecule has 4 nitrogen and oxygen atoms in total. The monoisotopic (exact) mass is 306 g/mol. The summed E-state index contributed by atoms with van der Waals surface area (Å²) in [5.74, 6) is 0.934. The van der Waals surface area contributed by atoms with Crippen molar-refractivity contribution in [1.82, 2.24) is 10.2 Å². The van der Waals surface area contributed by atoms with E-state index < -0.39 is 0 Å². The van der Waals surface area contributed by atoms with Crippen LogP contribution in [-0.2, 0) is 11.2 Å². The van der Waals surface area contributed by atoms with Crippen LogP contribution in [0.15, 0.2) is 12.1 Å². The number of ketones is 1. The summed E-state index contributed by atoms with van der Waals surface area (Å²) in [5.41, 5.74) is 0. The van der Waals surface area contributed by atoms with E-state index in [-0.39, 0.29) is 11.7 Å². The molecule has 1 amide bonds. The van der Waals surface area contributed by atoms with E-state index in [1.54, 1.807) is 11.3 Å². The number of nitrogens with one attached hydrogen (secondary N) is 1. The predicted molar refractivity (Wildman–Crippen MR) is 83.7 cm³/mol. The number of likely N-dealkylation sites (tertiary alicyclic amines) is 1. The van der Waals surface area contributed by atoms with Crippen LogP contribution in [0.5, 0.6) is 0 Å². The van der Waals surface area contributed by atoms with Crippen molar-refractivity contribution in [1.29, 1.82) is 0 Å². The smallest absolute Gasteiger partial charge is 0.220 e. The number of carbonyl (C=O) groups excluding carboxylic acids is 2. The molecule has 3 rings (SSSR count). The lowest BCUT2D eigenvalue weighted by Gasteiger charge is -2.41. The number of rotatable bonds is 4. The highest BCUT2D eigenvalue weighted by Crippen LogP contribution is 2.26. The first-order valence-corrected chi connectivity index (χ1v) is 8.61. The minimum Gasteiger partial charge on any atom is -0.353 e. The Hall–Kier alpha value is -1.20. The van der Waals surface area contributed by atoms with E-state index >= 15 is 0 Å². The second kappa shape index (κ2) is 6.28. The zero-order valence-corrected chi connectivity index (χ0v) is 13.2. The molecular weight excluding hydrogens is 284 g/mol. The van der Waals surface area contributed by atoms with Crippen molar-refractivity contribution in [2.75, 3.05) is 19.6 Å². The van der Waals surface area contributed by atoms with Crippen LogP contribution in [0, 0.1) is 5.92 Å². The van der Waals surface area contributed by atoms with Crippen LogP contribution < -0.4 is 5.32 Å². The van der Waals surface area contributed by atoms with Gasteiger partial charge in [0.05, 0.1) is 11.4 Å². The number of aryl methyl sites for hydroxylation is 1. The third-order valence-electron chi connectivity index (χ3n) is 4.56. The summed E-state index contributed by atoms with van der Waals surface area (Å²) >= 11 is 1.62. The predicted octanol–water partition coefficient (Wildman–Crippen LogP) is 2.09. The Kier molecular flexibility index (Phi) is 4.40. The van der Waals surface area contributed by atoms with Gasteiger partial charge in [-0.3, -0.25) is 14.5 Å². The first-order valence-electron chi connectivity index (χ1n) is 7.79. The van der Waals surface area contributed by atoms with Gasteiger partial charge in [-0.05, 0) is 37.3 Å². The highest BCUT2D eigenvalue weighted by Gasteiger charge is 2.34. The average Bonchev–Trinajstić information content (AvgIpc) is 2.96. The summed E-state index contributed by atoms with van der Waals surface area (Å²) in [6.07, 6.45) is 3.55. The van der Waals surface area contributed by atoms with E-state index in [2.05, 4.69) is 23.2 Å². The molecule has 2 atom stereocenters. The number of nitrogens with zero attached hydrogens (tertiary/aromatic N) is 1. The molecule has 2 aliphatic rings. The molecule has 3 heterocycles. The topological polar surface area (TPSA) is 49.4 Å². The molecule has 0 spiro atoms. The van der Waals surface area contributed by atoms with Crippen molar-refractivity contribution in [2.24, 2.45) is 5.92 Å². The summed E-state index contributed by atoms with van der Waals surface area (Å²) in [4.78, 5) is 28.2. The molecule has 2 unspecified atom stereocenters. The van der Waals surface area contributed by atoms with Crippen molar-refractivity contribution >= 4 is 23.0 Å². The molecule has 1 aromatic rings. The molecule has 1 aromatic heterocycles. The van der Waals surface area contributed by atoms with Crippen LogP contribution in [0.3, 0.4) is 0 Å². The molecule has 2 fully saturated rings. The normalized spacial score (nSPS) is 26.2. The number of carbonyl (C=O) groups is 2. The van der Waals surface area contributed by atoms with E-state index in [0.717, 1.165) is 37.2 Å². The second-order valence-electron chi connectivity index (χ2n) is 6.04. The Morgan fingerprint density at radius 2 is 2.29 bits per heavy atom. The van der Waals surface area contributed by atoms with E-state index in [0.29, 0.717) is 24.9 Å². The summed E-state index contributed by atoms with van der Waals surface area (Å²) < 4.78 is 0. The lowest BCUT2D eigenvalue weighted by Crippen LogP contribution is -2.54. The number of hydrogen-bond donors (Lipinski definition) is 1. The molecule has 114 valence electrons. The quantitative estimate of drug-likeness (QED) is 0.867. The fraction of sp³-hybridized carbons (Fsp3) is 0.625. The number of hydrogen-bond acceptors (Lipinski definition) is 4. The molecule has 2 aliphatic heterocycles. The molecule has 5 heteroatoms. The van der Waals surface area contributed by atoms with Crippen LogP contribution in [0.25, 0.3) is 0 Å². The number of thiophene rings is 1. The first kappa shape index (κ1) is 14.7. The standard InChI is InChI=1S/C16H22N2O2S/c1-2-12-4-5-15(21-12)14(19)10-18-8-7-13-11(9-18)3-6-16(20)17-13/h4-5,11,13H,2-3,6-10H2,1H3,(H,17,20). The maximum absolute atomic E-state index is 12.4. The maximum atomic E-state index is 12.4. The third-order valence-corrected chi connectivity index (χ3v) is 5.83. The van der Waals surface area contributed by atoms with Crippen molar-refractivity contribution < 1.29 is 9.59 Å². The van der Waals surface area contributed by atoms with Crippen LogP contribution in [0.2, 0.25) is 0 Å². The molecule has 21 heavy (non-hydrogen) atoms. The minimum absolute atomic E-state index is 0.187. The SMILES string of the molecule is CCc1ccc(C(=O)CN2CCC3NC(=O)CCC3C2)s1. The van der Waals surface area contributed by atoms with Gasteiger partial charge in [-0.1, -0.05) is 6.92 Å². The Bertz CT molecular complexity index is 540. The van der Waals surface area contributed by atoms with Crippen molar-refractivity contribution in [3.05, 3.63) is 21.9 Å². The number of fused-ring (bicyclic) bond motifs is 1. The summed E-state index contributed by atoms with van der Waals surface area (Å²) in [6.45, 7) is 4.46. The van der Waals surface area contributed by atoms with Crippen LogP contribution in [-0.4, -0.2) is 42.3 Å². The van der Waals surface area contributed by atoms with Gasteiger partial charge in [0.25, 0.3) is 0 Å². The van der Waals surface area contributed by atoms with E-state index in [1.165, 1.54) is 4.88 Å². The molecule has 2 saturated heterocycles. The van der Waals surface area contributed by atoms with Gasteiger partial charge < -0.3 is 5.32 Å². The Balaban J connectivity index is 1.56. The maximum Gasteiger partial charge on any atom is 0.220 e. The minimum atomic E-state index is 0.187. The third kappa shape index (κ3) is 3.35. The highest BCUT2D eigenvalue weighted by atomic mass is 32.1. The molecule has 0 saturated carbocycles. The lowest BCUT2D eigenvalue weighted by atomic mass is 9.85. The Morgan fingerprint density at radius 3 is 3.05 bits per heavy atom. The molecule has 0 radical (unpaired) electrons. The second-order valence-corrected chi connectivity index (χ2v) is 7.21. The van der Waals surface area contributed by atoms with Gasteiger partial charge in [0.1, 0.15) is 0 Å². The summed E-state index contributed by atoms with van der Waals surface area (Å²) in [5, 5.41) is 3.09. The molecule has 0 aliphatic carbocycles. The molecular formula is C16H22N2O2S. The van der Waals surface area contributed by atoms with Crippen LogP contribution in [0.1, 0.15) is 40.7 Å².